The Kier molecular flexibility index (Phi) is 14.7. The van der Waals surface area contributed by atoms with Gasteiger partial charge in [0, 0.05) is 70.1 Å². The Morgan fingerprint density at radius 3 is 1.12 bits per heavy atom. The van der Waals surface area contributed by atoms with Crippen LogP contribution in [0.5, 0.6) is 0 Å². The number of nitrogens with zero attached hydrogens (tertiary/aromatic N) is 4. The highest BCUT2D eigenvalue weighted by molar-refractivity contribution is 7.99. The molecule has 8 heterocycles. The number of rotatable bonds is 2. The largest absolute Gasteiger partial charge is 1.00 e. The van der Waals surface area contributed by atoms with E-state index in [4.69, 9.17) is 0 Å². The van der Waals surface area contributed by atoms with E-state index in [1.165, 1.54) is 74.7 Å². The number of thioether (sulfide) groups is 2. The summed E-state index contributed by atoms with van der Waals surface area (Å²) >= 11 is 7.59. The molecule has 2 aliphatic heterocycles. The number of hydrogen-bond acceptors (Lipinski definition) is 4. The topological polar surface area (TPSA) is 47.5 Å². The molecule has 6 aromatic heterocycles. The molecule has 0 aliphatic carbocycles. The van der Waals surface area contributed by atoms with Gasteiger partial charge in [0.15, 0.2) is 0 Å². The third-order valence-electron chi connectivity index (χ3n) is 10.5. The number of hydrogen-bond donors (Lipinski definition) is 0. The van der Waals surface area contributed by atoms with Crippen molar-refractivity contribution in [2.24, 2.45) is 0 Å². The number of benzene rings is 4. The number of halogens is 4. The maximum Gasteiger partial charge on any atom is 0.268 e. The highest BCUT2D eigenvalue weighted by Gasteiger charge is 2.42. The Morgan fingerprint density at radius 2 is 0.719 bits per heavy atom. The van der Waals surface area contributed by atoms with Gasteiger partial charge in [0.1, 0.15) is 0 Å². The highest BCUT2D eigenvalue weighted by atomic mass is 127. The van der Waals surface area contributed by atoms with Crippen LogP contribution in [0.2, 0.25) is 0 Å². The molecule has 0 saturated carbocycles. The third-order valence-corrected chi connectivity index (χ3v) is 14.5. The lowest BCUT2D eigenvalue weighted by atomic mass is 10.1. The van der Waals surface area contributed by atoms with Crippen LogP contribution in [0.4, 0.5) is 0 Å². The lowest BCUT2D eigenvalue weighted by molar-refractivity contribution is -0.728. The van der Waals surface area contributed by atoms with Crippen LogP contribution in [0.15, 0.2) is 166 Å². The molecule has 13 heteroatoms. The minimum absolute atomic E-state index is 0. The van der Waals surface area contributed by atoms with Crippen LogP contribution in [-0.4, -0.2) is 17.0 Å². The number of thiazole rings is 2. The molecular formula is C44H34I4N4OS4. The van der Waals surface area contributed by atoms with Crippen LogP contribution in [0.1, 0.15) is 23.5 Å². The first kappa shape index (κ1) is 44.6. The second kappa shape index (κ2) is 18.7. The zero-order valence-electron chi connectivity index (χ0n) is 30.0. The van der Waals surface area contributed by atoms with Crippen molar-refractivity contribution in [3.63, 3.8) is 0 Å². The van der Waals surface area contributed by atoms with Crippen LogP contribution in [0, 0.1) is 0 Å². The summed E-state index contributed by atoms with van der Waals surface area (Å²) in [6.45, 7) is 0. The fourth-order valence-corrected chi connectivity index (χ4v) is 12.4. The van der Waals surface area contributed by atoms with Crippen LogP contribution < -0.4 is 114 Å². The zero-order valence-corrected chi connectivity index (χ0v) is 41.9. The number of para-hydroxylation sites is 4. The van der Waals surface area contributed by atoms with Crippen molar-refractivity contribution in [1.29, 1.82) is 0 Å². The number of aromatic nitrogens is 4. The van der Waals surface area contributed by atoms with E-state index in [-0.39, 0.29) is 101 Å². The molecule has 0 unspecified atom stereocenters. The Balaban J connectivity index is 0.000000177. The van der Waals surface area contributed by atoms with Gasteiger partial charge in [-0.3, -0.25) is 0 Å². The second-order valence-corrected chi connectivity index (χ2v) is 17.2. The van der Waals surface area contributed by atoms with E-state index in [1.54, 1.807) is 0 Å². The van der Waals surface area contributed by atoms with Gasteiger partial charge in [0.05, 0.1) is 22.3 Å². The monoisotopic (exact) mass is 1270 g/mol. The van der Waals surface area contributed by atoms with Crippen LogP contribution in [0.25, 0.3) is 53.3 Å². The van der Waals surface area contributed by atoms with Gasteiger partial charge in [0.2, 0.25) is 32.1 Å². The predicted octanol–water partition coefficient (Wildman–Crippen LogP) is -3.26. The Morgan fingerprint density at radius 1 is 0.386 bits per heavy atom. The van der Waals surface area contributed by atoms with E-state index in [1.807, 2.05) is 46.2 Å². The molecule has 0 radical (unpaired) electrons. The lowest BCUT2D eigenvalue weighted by Gasteiger charge is -2.05. The molecule has 57 heavy (non-hydrogen) atoms. The predicted molar refractivity (Wildman–Crippen MR) is 220 cm³/mol. The summed E-state index contributed by atoms with van der Waals surface area (Å²) in [5.74, 6) is 2.16. The van der Waals surface area contributed by atoms with Crippen LogP contribution in [-0.2, 0) is 0 Å². The molecule has 0 bridgehead atoms. The number of fused-ring (bicyclic) bond motifs is 12. The molecule has 0 amide bonds. The molecule has 288 valence electrons. The first-order valence-corrected chi connectivity index (χ1v) is 21.3. The summed E-state index contributed by atoms with van der Waals surface area (Å²) in [6, 6.07) is 53.4. The first-order valence-electron chi connectivity index (χ1n) is 17.5. The zero-order chi connectivity index (χ0) is 34.2. The van der Waals surface area contributed by atoms with Crippen molar-refractivity contribution in [3.8, 4) is 0 Å². The van der Waals surface area contributed by atoms with Crippen LogP contribution in [0.3, 0.4) is 0 Å². The van der Waals surface area contributed by atoms with Crippen molar-refractivity contribution in [2.75, 3.05) is 11.5 Å². The van der Waals surface area contributed by atoms with E-state index in [2.05, 4.69) is 174 Å². The molecule has 5 nitrogen and oxygen atoms in total. The smallest absolute Gasteiger partial charge is 0.268 e. The summed E-state index contributed by atoms with van der Waals surface area (Å²) in [7, 11) is 0. The van der Waals surface area contributed by atoms with Gasteiger partial charge >= 0.3 is 0 Å². The van der Waals surface area contributed by atoms with Crippen molar-refractivity contribution in [2.45, 2.75) is 22.1 Å². The average molecular weight is 1270 g/mol. The SMILES string of the molecule is O.[I-].[I-].[I-].[I-].c1ccc2c(c1)ccc1[n+]2[C@H](c2csc3ccc4ccccc4[n+]23)CS1.c1ccc2c(c1)ccc1[n+]2[C@H](c2csc3ccc4ccccc4[n+]23)CS1. The Labute approximate surface area is 414 Å². The minimum Gasteiger partial charge on any atom is -1.00 e. The van der Waals surface area contributed by atoms with Gasteiger partial charge in [-0.25, -0.2) is 0 Å². The van der Waals surface area contributed by atoms with E-state index in [0.29, 0.717) is 12.1 Å². The van der Waals surface area contributed by atoms with E-state index < -0.39 is 0 Å². The molecule has 0 fully saturated rings. The maximum atomic E-state index is 2.52. The normalized spacial score (nSPS) is 15.1. The minimum atomic E-state index is 0. The highest BCUT2D eigenvalue weighted by Crippen LogP contribution is 2.35. The van der Waals surface area contributed by atoms with Crippen LogP contribution >= 0.6 is 46.2 Å². The molecule has 0 spiro atoms. The van der Waals surface area contributed by atoms with E-state index >= 15 is 0 Å². The Bertz CT molecular complexity index is 2840. The van der Waals surface area contributed by atoms with Crippen molar-refractivity contribution in [3.05, 3.63) is 168 Å². The quantitative estimate of drug-likeness (QED) is 0.135. The molecular weight excluding hydrogens is 1240 g/mol. The van der Waals surface area contributed by atoms with Gasteiger partial charge in [-0.2, -0.15) is 9.13 Å². The summed E-state index contributed by atoms with van der Waals surface area (Å²) in [5, 5.41) is 12.6. The molecule has 2 N–H and O–H groups in total. The number of pyridine rings is 4. The van der Waals surface area contributed by atoms with Gasteiger partial charge < -0.3 is 101 Å². The second-order valence-electron chi connectivity index (χ2n) is 13.3. The van der Waals surface area contributed by atoms with Crippen molar-refractivity contribution < 1.29 is 119 Å². The Hall–Kier alpha value is -1.98. The molecule has 4 aromatic carbocycles. The summed E-state index contributed by atoms with van der Waals surface area (Å²) in [6.07, 6.45) is 0. The van der Waals surface area contributed by atoms with Crippen molar-refractivity contribution >= 4 is 99.5 Å². The fourth-order valence-electron chi connectivity index (χ4n) is 8.10. The van der Waals surface area contributed by atoms with E-state index in [9.17, 15) is 0 Å². The van der Waals surface area contributed by atoms with Gasteiger partial charge in [-0.15, -0.1) is 8.80 Å². The molecule has 10 aromatic rings. The molecule has 12 rings (SSSR count). The third kappa shape index (κ3) is 7.67. The summed E-state index contributed by atoms with van der Waals surface area (Å²) in [4.78, 5) is 2.61. The van der Waals surface area contributed by atoms with Gasteiger partial charge in [0.25, 0.3) is 33.1 Å². The maximum absolute atomic E-state index is 2.52. The molecule has 0 saturated heterocycles. The summed E-state index contributed by atoms with van der Waals surface area (Å²) in [5.41, 5.74) is 7.99. The average Bonchev–Trinajstić information content (AvgIpc) is 4.02. The standard InChI is InChI=1S/2C22H16N2S2.4HI.H2O/c2*1-3-7-17-15(5-1)9-11-21-23(17)19(13-25-21)20-14-26-22-12-10-16-6-2-4-8-18(16)24(20)22;;;;;/h2*1-13,20H,14H2;4*1H;1H2/q2*+2;;;;;/p-4/t2*20-;;;;;/m00...../s1. The lowest BCUT2D eigenvalue weighted by Crippen LogP contribution is -3.00. The van der Waals surface area contributed by atoms with E-state index in [0.717, 1.165) is 11.5 Å². The molecule has 2 atom stereocenters. The first-order chi connectivity index (χ1) is 25.8. The van der Waals surface area contributed by atoms with Gasteiger partial charge in [-0.05, 0) is 72.1 Å². The summed E-state index contributed by atoms with van der Waals surface area (Å²) < 4.78 is 9.96. The van der Waals surface area contributed by atoms with Crippen molar-refractivity contribution in [1.82, 2.24) is 0 Å². The fraction of sp³-hybridized carbons (Fsp3) is 0.0909. The molecule has 2 aliphatic rings. The van der Waals surface area contributed by atoms with Gasteiger partial charge in [-0.1, -0.05) is 71.2 Å².